The minimum absolute atomic E-state index is 0.571. The second kappa shape index (κ2) is 6.42. The fraction of sp³-hybridized carbons (Fsp3) is 0.647. The Kier molecular flexibility index (Phi) is 4.87. The van der Waals surface area contributed by atoms with Crippen molar-refractivity contribution in [2.75, 3.05) is 13.7 Å². The van der Waals surface area contributed by atoms with Crippen LogP contribution in [0.15, 0.2) is 18.2 Å². The highest BCUT2D eigenvalue weighted by molar-refractivity contribution is 5.36. The normalized spacial score (nSPS) is 17.6. The molecule has 106 valence electrons. The molecule has 1 aliphatic rings. The van der Waals surface area contributed by atoms with Gasteiger partial charge in [0.05, 0.1) is 7.11 Å². The summed E-state index contributed by atoms with van der Waals surface area (Å²) >= 11 is 0. The maximum atomic E-state index is 5.30. The van der Waals surface area contributed by atoms with Gasteiger partial charge in [-0.15, -0.1) is 0 Å². The van der Waals surface area contributed by atoms with E-state index in [4.69, 9.17) is 4.74 Å². The number of ether oxygens (including phenoxy) is 1. The van der Waals surface area contributed by atoms with E-state index < -0.39 is 0 Å². The van der Waals surface area contributed by atoms with E-state index in [1.54, 1.807) is 7.11 Å². The van der Waals surface area contributed by atoms with Gasteiger partial charge in [-0.05, 0) is 48.8 Å². The molecule has 1 saturated carbocycles. The largest absolute Gasteiger partial charge is 0.496 e. The van der Waals surface area contributed by atoms with Gasteiger partial charge in [-0.1, -0.05) is 31.9 Å². The number of methoxy groups -OCH3 is 1. The first-order valence-electron chi connectivity index (χ1n) is 7.53. The summed E-state index contributed by atoms with van der Waals surface area (Å²) in [4.78, 5) is 0. The van der Waals surface area contributed by atoms with Gasteiger partial charge in [0, 0.05) is 13.1 Å². The van der Waals surface area contributed by atoms with E-state index in [1.807, 2.05) is 0 Å². The predicted octanol–water partition coefficient (Wildman–Crippen LogP) is 4.06. The lowest BCUT2D eigenvalue weighted by atomic mass is 9.83. The van der Waals surface area contributed by atoms with Crippen molar-refractivity contribution in [3.05, 3.63) is 29.3 Å². The van der Waals surface area contributed by atoms with Crippen LogP contribution in [0.4, 0.5) is 0 Å². The smallest absolute Gasteiger partial charge is 0.121 e. The molecule has 0 heterocycles. The van der Waals surface area contributed by atoms with Crippen LogP contribution in [0, 0.1) is 12.3 Å². The zero-order chi connectivity index (χ0) is 13.7. The fourth-order valence-electron chi connectivity index (χ4n) is 3.30. The van der Waals surface area contributed by atoms with Gasteiger partial charge < -0.3 is 10.1 Å². The van der Waals surface area contributed by atoms with Gasteiger partial charge in [0.15, 0.2) is 0 Å². The van der Waals surface area contributed by atoms with Crippen molar-refractivity contribution >= 4 is 0 Å². The van der Waals surface area contributed by atoms with Crippen LogP contribution in [-0.4, -0.2) is 13.7 Å². The molecule has 1 fully saturated rings. The molecule has 1 aliphatic carbocycles. The number of aryl methyl sites for hydroxylation is 1. The summed E-state index contributed by atoms with van der Waals surface area (Å²) in [7, 11) is 1.73. The minimum Gasteiger partial charge on any atom is -0.496 e. The molecule has 2 rings (SSSR count). The molecule has 0 atom stereocenters. The second-order valence-electron chi connectivity index (χ2n) is 5.97. The van der Waals surface area contributed by atoms with Crippen molar-refractivity contribution in [3.8, 4) is 5.75 Å². The summed E-state index contributed by atoms with van der Waals surface area (Å²) in [5, 5.41) is 3.66. The first-order chi connectivity index (χ1) is 9.19. The molecule has 0 aliphatic heterocycles. The lowest BCUT2D eigenvalue weighted by Crippen LogP contribution is -2.31. The molecule has 0 spiro atoms. The average molecular weight is 261 g/mol. The molecular weight excluding hydrogens is 234 g/mol. The molecule has 1 aromatic rings. The van der Waals surface area contributed by atoms with Crippen LogP contribution < -0.4 is 10.1 Å². The number of rotatable bonds is 6. The summed E-state index contributed by atoms with van der Waals surface area (Å²) in [5.41, 5.74) is 3.14. The van der Waals surface area contributed by atoms with Crippen LogP contribution in [0.3, 0.4) is 0 Å². The molecule has 0 saturated heterocycles. The number of nitrogens with one attached hydrogen (secondary N) is 1. The Hall–Kier alpha value is -1.02. The lowest BCUT2D eigenvalue weighted by Gasteiger charge is -2.27. The minimum atomic E-state index is 0.571. The maximum Gasteiger partial charge on any atom is 0.121 e. The van der Waals surface area contributed by atoms with E-state index in [0.717, 1.165) is 18.8 Å². The number of hydrogen-bond donors (Lipinski definition) is 1. The molecule has 2 heteroatoms. The van der Waals surface area contributed by atoms with Gasteiger partial charge >= 0.3 is 0 Å². The third-order valence-corrected chi connectivity index (χ3v) is 4.70. The zero-order valence-corrected chi connectivity index (χ0v) is 12.6. The van der Waals surface area contributed by atoms with Crippen molar-refractivity contribution < 1.29 is 4.74 Å². The molecule has 0 radical (unpaired) electrons. The highest BCUT2D eigenvalue weighted by Gasteiger charge is 2.31. The van der Waals surface area contributed by atoms with E-state index in [1.165, 1.54) is 43.2 Å². The Balaban J connectivity index is 1.87. The fourth-order valence-corrected chi connectivity index (χ4v) is 3.30. The van der Waals surface area contributed by atoms with Crippen molar-refractivity contribution in [2.45, 2.75) is 52.5 Å². The van der Waals surface area contributed by atoms with E-state index in [9.17, 15) is 0 Å². The Morgan fingerprint density at radius 2 is 2.00 bits per heavy atom. The molecule has 19 heavy (non-hydrogen) atoms. The Labute approximate surface area is 117 Å². The van der Waals surface area contributed by atoms with Crippen LogP contribution in [-0.2, 0) is 6.54 Å². The molecule has 2 nitrogen and oxygen atoms in total. The molecule has 1 N–H and O–H groups in total. The SMILES string of the molecule is CCC1(CNCc2ccc(OC)c(C)c2)CCCC1. The third-order valence-electron chi connectivity index (χ3n) is 4.70. The lowest BCUT2D eigenvalue weighted by molar-refractivity contribution is 0.268. The topological polar surface area (TPSA) is 21.3 Å². The van der Waals surface area contributed by atoms with Crippen molar-refractivity contribution in [1.29, 1.82) is 0 Å². The van der Waals surface area contributed by atoms with Gasteiger partial charge in [0.25, 0.3) is 0 Å². The molecule has 1 aromatic carbocycles. The average Bonchev–Trinajstić information content (AvgIpc) is 2.88. The summed E-state index contributed by atoms with van der Waals surface area (Å²) in [6, 6.07) is 6.45. The van der Waals surface area contributed by atoms with E-state index in [2.05, 4.69) is 37.4 Å². The maximum absolute atomic E-state index is 5.30. The van der Waals surface area contributed by atoms with Gasteiger partial charge in [-0.25, -0.2) is 0 Å². The summed E-state index contributed by atoms with van der Waals surface area (Å²) in [5.74, 6) is 0.976. The van der Waals surface area contributed by atoms with E-state index in [-0.39, 0.29) is 0 Å². The van der Waals surface area contributed by atoms with Crippen LogP contribution >= 0.6 is 0 Å². The van der Waals surface area contributed by atoms with E-state index >= 15 is 0 Å². The quantitative estimate of drug-likeness (QED) is 0.833. The first kappa shape index (κ1) is 14.4. The van der Waals surface area contributed by atoms with Crippen LogP contribution in [0.5, 0.6) is 5.75 Å². The van der Waals surface area contributed by atoms with Crippen LogP contribution in [0.2, 0.25) is 0 Å². The van der Waals surface area contributed by atoms with Gasteiger partial charge in [0.2, 0.25) is 0 Å². The Bertz CT molecular complexity index is 408. The Morgan fingerprint density at radius 3 is 2.58 bits per heavy atom. The number of hydrogen-bond acceptors (Lipinski definition) is 2. The second-order valence-corrected chi connectivity index (χ2v) is 5.97. The molecule has 0 amide bonds. The summed E-state index contributed by atoms with van der Waals surface area (Å²) in [6.45, 7) is 6.57. The van der Waals surface area contributed by atoms with Crippen LogP contribution in [0.1, 0.15) is 50.2 Å². The predicted molar refractivity (Wildman–Crippen MR) is 80.6 cm³/mol. The van der Waals surface area contributed by atoms with Crippen molar-refractivity contribution in [3.63, 3.8) is 0 Å². The monoisotopic (exact) mass is 261 g/mol. The van der Waals surface area contributed by atoms with Crippen molar-refractivity contribution in [1.82, 2.24) is 5.32 Å². The Morgan fingerprint density at radius 1 is 1.26 bits per heavy atom. The molecule has 0 unspecified atom stereocenters. The zero-order valence-electron chi connectivity index (χ0n) is 12.6. The summed E-state index contributed by atoms with van der Waals surface area (Å²) in [6.07, 6.45) is 6.94. The van der Waals surface area contributed by atoms with Crippen molar-refractivity contribution in [2.24, 2.45) is 5.41 Å². The number of benzene rings is 1. The first-order valence-corrected chi connectivity index (χ1v) is 7.53. The molecule has 0 aromatic heterocycles. The summed E-state index contributed by atoms with van der Waals surface area (Å²) < 4.78 is 5.30. The highest BCUT2D eigenvalue weighted by Crippen LogP contribution is 2.40. The third kappa shape index (κ3) is 3.50. The molecule has 0 bridgehead atoms. The van der Waals surface area contributed by atoms with Crippen LogP contribution in [0.25, 0.3) is 0 Å². The standard InChI is InChI=1S/C17H27NO/c1-4-17(9-5-6-10-17)13-18-12-15-7-8-16(19-3)14(2)11-15/h7-8,11,18H,4-6,9-10,12-13H2,1-3H3. The van der Waals surface area contributed by atoms with E-state index in [0.29, 0.717) is 5.41 Å². The van der Waals surface area contributed by atoms with Gasteiger partial charge in [-0.2, -0.15) is 0 Å². The highest BCUT2D eigenvalue weighted by atomic mass is 16.5. The molecular formula is C17H27NO. The van der Waals surface area contributed by atoms with Gasteiger partial charge in [0.1, 0.15) is 5.75 Å². The van der Waals surface area contributed by atoms with Gasteiger partial charge in [-0.3, -0.25) is 0 Å².